The van der Waals surface area contributed by atoms with Crippen molar-refractivity contribution in [3.8, 4) is 0 Å². The summed E-state index contributed by atoms with van der Waals surface area (Å²) in [6.07, 6.45) is 4.82. The quantitative estimate of drug-likeness (QED) is 0.674. The lowest BCUT2D eigenvalue weighted by Crippen LogP contribution is -2.26. The Morgan fingerprint density at radius 3 is 2.70 bits per heavy atom. The first-order valence-electron chi connectivity index (χ1n) is 10.1. The summed E-state index contributed by atoms with van der Waals surface area (Å²) in [5.41, 5.74) is 0.941. The van der Waals surface area contributed by atoms with Crippen molar-refractivity contribution in [3.05, 3.63) is 41.4 Å². The highest BCUT2D eigenvalue weighted by Gasteiger charge is 2.21. The lowest BCUT2D eigenvalue weighted by Gasteiger charge is -2.22. The number of nitrogens with one attached hydrogen (secondary N) is 1. The monoisotopic (exact) mass is 415 g/mol. The number of anilines is 2. The van der Waals surface area contributed by atoms with Gasteiger partial charge in [-0.1, -0.05) is 18.0 Å². The Kier molecular flexibility index (Phi) is 5.87. The molecule has 1 fully saturated rings. The molecule has 9 heteroatoms. The number of nitrogens with zero attached hydrogens (tertiary/aromatic N) is 4. The van der Waals surface area contributed by atoms with Gasteiger partial charge in [-0.2, -0.15) is 4.98 Å². The molecule has 3 heterocycles. The van der Waals surface area contributed by atoms with Crippen molar-refractivity contribution in [1.82, 2.24) is 15.1 Å². The number of halogens is 2. The van der Waals surface area contributed by atoms with E-state index < -0.39 is 17.5 Å². The van der Waals surface area contributed by atoms with Crippen LogP contribution >= 0.6 is 0 Å². The van der Waals surface area contributed by atoms with E-state index in [2.05, 4.69) is 20.4 Å². The van der Waals surface area contributed by atoms with E-state index in [4.69, 9.17) is 9.51 Å². The predicted octanol–water partition coefficient (Wildman–Crippen LogP) is 4.16. The summed E-state index contributed by atoms with van der Waals surface area (Å²) >= 11 is 0. The van der Waals surface area contributed by atoms with Crippen LogP contribution in [0.15, 0.2) is 22.7 Å². The zero-order chi connectivity index (χ0) is 21.1. The molecule has 0 unspecified atom stereocenters. The topological polar surface area (TPSA) is 84.1 Å². The maximum absolute atomic E-state index is 13.7. The summed E-state index contributed by atoms with van der Waals surface area (Å²) in [5, 5.41) is 7.22. The molecule has 7 nitrogen and oxygen atoms in total. The summed E-state index contributed by atoms with van der Waals surface area (Å²) in [7, 11) is 0. The first-order chi connectivity index (χ1) is 14.5. The molecular formula is C21H23F2N5O2. The van der Waals surface area contributed by atoms with E-state index in [9.17, 15) is 13.6 Å². The maximum atomic E-state index is 13.7. The molecule has 1 aliphatic rings. The number of fused-ring (bicyclic) bond motifs is 1. The molecule has 0 atom stereocenters. The molecule has 4 rings (SSSR count). The van der Waals surface area contributed by atoms with Crippen LogP contribution in [-0.2, 0) is 11.2 Å². The van der Waals surface area contributed by atoms with E-state index in [1.165, 1.54) is 12.8 Å². The van der Waals surface area contributed by atoms with Gasteiger partial charge in [0.1, 0.15) is 28.7 Å². The van der Waals surface area contributed by atoms with Crippen LogP contribution < -0.4 is 10.2 Å². The van der Waals surface area contributed by atoms with Crippen molar-refractivity contribution in [2.75, 3.05) is 23.3 Å². The van der Waals surface area contributed by atoms with Gasteiger partial charge in [-0.05, 0) is 31.9 Å². The summed E-state index contributed by atoms with van der Waals surface area (Å²) in [6, 6.07) is 2.92. The Morgan fingerprint density at radius 2 is 1.93 bits per heavy atom. The molecule has 1 saturated heterocycles. The minimum atomic E-state index is -0.692. The van der Waals surface area contributed by atoms with Crippen LogP contribution in [-0.4, -0.2) is 34.1 Å². The zero-order valence-electron chi connectivity index (χ0n) is 16.8. The number of benzene rings is 1. The Labute approximate surface area is 172 Å². The Balaban J connectivity index is 1.52. The molecule has 0 spiro atoms. The van der Waals surface area contributed by atoms with E-state index >= 15 is 0 Å². The molecule has 30 heavy (non-hydrogen) atoms. The highest BCUT2D eigenvalue weighted by atomic mass is 19.1. The molecule has 3 aromatic rings. The normalized spacial score (nSPS) is 14.7. The molecule has 0 radical (unpaired) electrons. The number of carbonyl (C=O) groups excluding carboxylic acids is 1. The van der Waals surface area contributed by atoms with Crippen LogP contribution in [0.3, 0.4) is 0 Å². The fourth-order valence-electron chi connectivity index (χ4n) is 3.67. The molecule has 1 amide bonds. The second kappa shape index (κ2) is 8.73. The average Bonchev–Trinajstić information content (AvgIpc) is 2.93. The lowest BCUT2D eigenvalue weighted by molar-refractivity contribution is -0.116. The summed E-state index contributed by atoms with van der Waals surface area (Å²) in [5.74, 6) is -0.528. The second-order valence-corrected chi connectivity index (χ2v) is 7.49. The van der Waals surface area contributed by atoms with Gasteiger partial charge in [-0.3, -0.25) is 4.79 Å². The Bertz CT molecular complexity index is 1060. The highest BCUT2D eigenvalue weighted by molar-refractivity contribution is 5.91. The van der Waals surface area contributed by atoms with E-state index in [0.717, 1.165) is 61.0 Å². The third kappa shape index (κ3) is 4.39. The van der Waals surface area contributed by atoms with Crippen LogP contribution in [0, 0.1) is 18.6 Å². The molecule has 1 N–H and O–H groups in total. The smallest absolute Gasteiger partial charge is 0.263 e. The maximum Gasteiger partial charge on any atom is 0.263 e. The number of amides is 1. The molecule has 0 saturated carbocycles. The molecule has 0 aliphatic carbocycles. The van der Waals surface area contributed by atoms with Gasteiger partial charge in [0.25, 0.3) is 5.71 Å². The highest BCUT2D eigenvalue weighted by Crippen LogP contribution is 2.29. The third-order valence-electron chi connectivity index (χ3n) is 5.22. The van der Waals surface area contributed by atoms with Gasteiger partial charge in [0.15, 0.2) is 0 Å². The van der Waals surface area contributed by atoms with Gasteiger partial charge in [-0.25, -0.2) is 13.8 Å². The van der Waals surface area contributed by atoms with Gasteiger partial charge in [0.05, 0.1) is 11.4 Å². The Hall–Kier alpha value is -3.10. The van der Waals surface area contributed by atoms with Crippen LogP contribution in [0.2, 0.25) is 0 Å². The van der Waals surface area contributed by atoms with E-state index in [1.54, 1.807) is 0 Å². The molecule has 0 bridgehead atoms. The van der Waals surface area contributed by atoms with Crippen molar-refractivity contribution in [1.29, 1.82) is 0 Å². The van der Waals surface area contributed by atoms with Gasteiger partial charge >= 0.3 is 0 Å². The SMILES string of the molecule is Cc1noc2nc(CCC(=O)Nc3cc(F)ccc3F)nc(N3CCCCCC3)c12. The molecule has 2 aromatic heterocycles. The van der Waals surface area contributed by atoms with Crippen molar-refractivity contribution < 1.29 is 18.1 Å². The van der Waals surface area contributed by atoms with Gasteiger partial charge < -0.3 is 14.7 Å². The fraction of sp³-hybridized carbons (Fsp3) is 0.429. The first kappa shape index (κ1) is 20.2. The number of rotatable bonds is 5. The van der Waals surface area contributed by atoms with Crippen LogP contribution in [0.1, 0.15) is 43.6 Å². The fourth-order valence-corrected chi connectivity index (χ4v) is 3.67. The van der Waals surface area contributed by atoms with Crippen molar-refractivity contribution >= 4 is 28.5 Å². The van der Waals surface area contributed by atoms with Crippen LogP contribution in [0.25, 0.3) is 11.1 Å². The van der Waals surface area contributed by atoms with E-state index in [0.29, 0.717) is 11.5 Å². The van der Waals surface area contributed by atoms with Gasteiger partial charge in [-0.15, -0.1) is 0 Å². The zero-order valence-corrected chi connectivity index (χ0v) is 16.8. The molecule has 158 valence electrons. The Morgan fingerprint density at radius 1 is 1.17 bits per heavy atom. The van der Waals surface area contributed by atoms with Crippen molar-refractivity contribution in [3.63, 3.8) is 0 Å². The summed E-state index contributed by atoms with van der Waals surface area (Å²) in [6.45, 7) is 3.65. The number of carbonyl (C=O) groups is 1. The minimum absolute atomic E-state index is 0.0218. The van der Waals surface area contributed by atoms with E-state index in [1.807, 2.05) is 6.92 Å². The third-order valence-corrected chi connectivity index (χ3v) is 5.22. The number of aromatic nitrogens is 3. The summed E-state index contributed by atoms with van der Waals surface area (Å²) < 4.78 is 32.4. The van der Waals surface area contributed by atoms with Crippen molar-refractivity contribution in [2.24, 2.45) is 0 Å². The van der Waals surface area contributed by atoms with Crippen LogP contribution in [0.5, 0.6) is 0 Å². The predicted molar refractivity (Wildman–Crippen MR) is 108 cm³/mol. The first-order valence-corrected chi connectivity index (χ1v) is 10.1. The van der Waals surface area contributed by atoms with Gasteiger partial charge in [0, 0.05) is 32.0 Å². The number of hydrogen-bond acceptors (Lipinski definition) is 6. The average molecular weight is 415 g/mol. The number of hydrogen-bond donors (Lipinski definition) is 1. The second-order valence-electron chi connectivity index (χ2n) is 7.49. The van der Waals surface area contributed by atoms with Crippen LogP contribution in [0.4, 0.5) is 20.3 Å². The summed E-state index contributed by atoms with van der Waals surface area (Å²) in [4.78, 5) is 23.6. The minimum Gasteiger partial charge on any atom is -0.356 e. The largest absolute Gasteiger partial charge is 0.356 e. The number of aryl methyl sites for hydroxylation is 2. The van der Waals surface area contributed by atoms with Gasteiger partial charge in [0.2, 0.25) is 5.91 Å². The van der Waals surface area contributed by atoms with E-state index in [-0.39, 0.29) is 18.5 Å². The van der Waals surface area contributed by atoms with Crippen molar-refractivity contribution in [2.45, 2.75) is 45.4 Å². The molecular weight excluding hydrogens is 392 g/mol. The molecule has 1 aliphatic heterocycles. The molecule has 1 aromatic carbocycles. The lowest BCUT2D eigenvalue weighted by atomic mass is 10.2. The standard InChI is InChI=1S/C21H23F2N5O2/c1-13-19-20(28-10-4-2-3-5-11-28)25-17(26-21(19)30-27-13)8-9-18(29)24-16-12-14(22)6-7-15(16)23/h6-7,12H,2-5,8-11H2,1H3,(H,24,29).